The molecule has 0 N–H and O–H groups in total. The molecule has 0 aliphatic carbocycles. The maximum atomic E-state index is 11.7. The number of carbonyl (C=O) groups is 1. The van der Waals surface area contributed by atoms with Gasteiger partial charge in [-0.25, -0.2) is 4.79 Å². The highest BCUT2D eigenvalue weighted by Crippen LogP contribution is 2.23. The first-order chi connectivity index (χ1) is 6.83. The minimum atomic E-state index is -0.527. The monoisotopic (exact) mass is 208 g/mol. The number of likely N-dealkylation sites (tertiary alicyclic amines) is 1. The molecule has 0 aromatic rings. The van der Waals surface area contributed by atoms with Crippen LogP contribution in [0.15, 0.2) is 12.2 Å². The normalized spacial score (nSPS) is 21.3. The molecule has 82 valence electrons. The van der Waals surface area contributed by atoms with Gasteiger partial charge in [0.2, 0.25) is 0 Å². The summed E-state index contributed by atoms with van der Waals surface area (Å²) < 4.78 is 5.20. The molecule has 0 saturated carbocycles. The van der Waals surface area contributed by atoms with Crippen LogP contribution >= 0.6 is 0 Å². The lowest BCUT2D eigenvalue weighted by molar-refractivity contribution is 0.0263. The van der Waals surface area contributed by atoms with E-state index < -0.39 is 17.7 Å². The van der Waals surface area contributed by atoms with Crippen LogP contribution in [-0.2, 0) is 4.74 Å². The van der Waals surface area contributed by atoms with E-state index in [4.69, 9.17) is 10.00 Å². The third kappa shape index (κ3) is 2.98. The summed E-state index contributed by atoms with van der Waals surface area (Å²) in [6, 6.07) is 1.65. The number of carbonyl (C=O) groups excluding carboxylic acids is 1. The number of hydrogen-bond donors (Lipinski definition) is 0. The van der Waals surface area contributed by atoms with Crippen LogP contribution in [0.4, 0.5) is 4.79 Å². The number of rotatable bonds is 0. The van der Waals surface area contributed by atoms with E-state index >= 15 is 0 Å². The molecule has 1 amide bonds. The fraction of sp³-hybridized carbons (Fsp3) is 0.636. The Kier molecular flexibility index (Phi) is 3.04. The first kappa shape index (κ1) is 11.6. The zero-order valence-electron chi connectivity index (χ0n) is 9.41. The van der Waals surface area contributed by atoms with Crippen LogP contribution in [0.3, 0.4) is 0 Å². The Labute approximate surface area is 90.1 Å². The predicted octanol–water partition coefficient (Wildman–Crippen LogP) is 2.08. The highest BCUT2D eigenvalue weighted by atomic mass is 16.6. The van der Waals surface area contributed by atoms with Crippen LogP contribution in [0, 0.1) is 11.3 Å². The molecule has 0 unspecified atom stereocenters. The SMILES string of the molecule is C=C1C[C@@H](C#N)N(C(=O)OC(C)(C)C)C1. The van der Waals surface area contributed by atoms with E-state index in [0.717, 1.165) is 5.57 Å². The van der Waals surface area contributed by atoms with Crippen LogP contribution in [0.25, 0.3) is 0 Å². The first-order valence-corrected chi connectivity index (χ1v) is 4.89. The van der Waals surface area contributed by atoms with Crippen molar-refractivity contribution in [2.75, 3.05) is 6.54 Å². The Hall–Kier alpha value is -1.50. The lowest BCUT2D eigenvalue weighted by Gasteiger charge is -2.25. The average Bonchev–Trinajstić information content (AvgIpc) is 2.43. The molecule has 0 spiro atoms. The molecule has 1 aliphatic heterocycles. The quantitative estimate of drug-likeness (QED) is 0.573. The molecule has 1 atom stereocenters. The Morgan fingerprint density at radius 2 is 2.27 bits per heavy atom. The van der Waals surface area contributed by atoms with E-state index in [1.165, 1.54) is 4.90 Å². The van der Waals surface area contributed by atoms with E-state index in [9.17, 15) is 4.79 Å². The summed E-state index contributed by atoms with van der Waals surface area (Å²) >= 11 is 0. The Morgan fingerprint density at radius 1 is 1.67 bits per heavy atom. The highest BCUT2D eigenvalue weighted by molar-refractivity contribution is 5.70. The lowest BCUT2D eigenvalue weighted by Crippen LogP contribution is -2.39. The van der Waals surface area contributed by atoms with Crippen molar-refractivity contribution in [1.29, 1.82) is 5.26 Å². The minimum Gasteiger partial charge on any atom is -0.444 e. The van der Waals surface area contributed by atoms with Crippen LogP contribution < -0.4 is 0 Å². The van der Waals surface area contributed by atoms with Gasteiger partial charge in [0.15, 0.2) is 0 Å². The number of ether oxygens (including phenoxy) is 1. The zero-order chi connectivity index (χ0) is 11.6. The van der Waals surface area contributed by atoms with E-state index in [1.54, 1.807) is 20.8 Å². The summed E-state index contributed by atoms with van der Waals surface area (Å²) in [6.45, 7) is 9.61. The van der Waals surface area contributed by atoms with E-state index in [-0.39, 0.29) is 0 Å². The molecule has 1 saturated heterocycles. The summed E-state index contributed by atoms with van der Waals surface area (Å²) in [7, 11) is 0. The standard InChI is InChI=1S/C11H16N2O2/c1-8-5-9(6-12)13(7-8)10(14)15-11(2,3)4/h9H,1,5,7H2,2-4H3/t9-/m0/s1. The number of amides is 1. The van der Waals surface area contributed by atoms with Crippen molar-refractivity contribution in [2.45, 2.75) is 38.8 Å². The second-order valence-corrected chi connectivity index (χ2v) is 4.71. The maximum absolute atomic E-state index is 11.7. The highest BCUT2D eigenvalue weighted by Gasteiger charge is 2.33. The van der Waals surface area contributed by atoms with Crippen molar-refractivity contribution >= 4 is 6.09 Å². The van der Waals surface area contributed by atoms with Crippen molar-refractivity contribution in [3.63, 3.8) is 0 Å². The molecule has 0 aromatic carbocycles. The molecular weight excluding hydrogens is 192 g/mol. The molecule has 0 bridgehead atoms. The van der Waals surface area contributed by atoms with Crippen LogP contribution in [0.1, 0.15) is 27.2 Å². The maximum Gasteiger partial charge on any atom is 0.411 e. The van der Waals surface area contributed by atoms with Crippen LogP contribution in [-0.4, -0.2) is 29.2 Å². The van der Waals surface area contributed by atoms with Gasteiger partial charge in [-0.2, -0.15) is 5.26 Å². The van der Waals surface area contributed by atoms with Gasteiger partial charge in [0, 0.05) is 13.0 Å². The fourth-order valence-corrected chi connectivity index (χ4v) is 1.43. The first-order valence-electron chi connectivity index (χ1n) is 4.89. The molecule has 0 radical (unpaired) electrons. The van der Waals surface area contributed by atoms with Gasteiger partial charge < -0.3 is 4.74 Å². The molecule has 0 aromatic heterocycles. The van der Waals surface area contributed by atoms with E-state index in [1.807, 2.05) is 0 Å². The molecule has 1 heterocycles. The van der Waals surface area contributed by atoms with Crippen molar-refractivity contribution < 1.29 is 9.53 Å². The van der Waals surface area contributed by atoms with Gasteiger partial charge in [-0.15, -0.1) is 0 Å². The summed E-state index contributed by atoms with van der Waals surface area (Å²) in [5.74, 6) is 0. The van der Waals surface area contributed by atoms with Gasteiger partial charge in [-0.05, 0) is 20.8 Å². The molecular formula is C11H16N2O2. The summed E-state index contributed by atoms with van der Waals surface area (Å²) in [5, 5.41) is 8.86. The van der Waals surface area contributed by atoms with Crippen LogP contribution in [0.5, 0.6) is 0 Å². The smallest absolute Gasteiger partial charge is 0.411 e. The van der Waals surface area contributed by atoms with Gasteiger partial charge in [0.05, 0.1) is 6.07 Å². The molecule has 4 nitrogen and oxygen atoms in total. The van der Waals surface area contributed by atoms with Gasteiger partial charge in [0.25, 0.3) is 0 Å². The van der Waals surface area contributed by atoms with Crippen molar-refractivity contribution in [3.05, 3.63) is 12.2 Å². The van der Waals surface area contributed by atoms with Gasteiger partial charge in [-0.3, -0.25) is 4.90 Å². The van der Waals surface area contributed by atoms with Gasteiger partial charge in [-0.1, -0.05) is 12.2 Å². The third-order valence-electron chi connectivity index (χ3n) is 2.03. The minimum absolute atomic E-state index is 0.424. The largest absolute Gasteiger partial charge is 0.444 e. The third-order valence-corrected chi connectivity index (χ3v) is 2.03. The summed E-state index contributed by atoms with van der Waals surface area (Å²) in [4.78, 5) is 13.1. The molecule has 1 aliphatic rings. The fourth-order valence-electron chi connectivity index (χ4n) is 1.43. The lowest BCUT2D eigenvalue weighted by atomic mass is 10.2. The Balaban J connectivity index is 2.68. The second kappa shape index (κ2) is 3.93. The topological polar surface area (TPSA) is 53.3 Å². The van der Waals surface area contributed by atoms with Crippen molar-refractivity contribution in [3.8, 4) is 6.07 Å². The number of hydrogen-bond acceptors (Lipinski definition) is 3. The Bertz CT molecular complexity index is 322. The molecule has 15 heavy (non-hydrogen) atoms. The van der Waals surface area contributed by atoms with E-state index in [2.05, 4.69) is 12.6 Å². The number of nitriles is 1. The summed E-state index contributed by atoms with van der Waals surface area (Å²) in [5.41, 5.74) is 0.369. The second-order valence-electron chi connectivity index (χ2n) is 4.71. The molecule has 4 heteroatoms. The predicted molar refractivity (Wildman–Crippen MR) is 56.1 cm³/mol. The van der Waals surface area contributed by atoms with Gasteiger partial charge in [0.1, 0.15) is 11.6 Å². The van der Waals surface area contributed by atoms with Crippen molar-refractivity contribution in [1.82, 2.24) is 4.90 Å². The zero-order valence-corrected chi connectivity index (χ0v) is 9.41. The van der Waals surface area contributed by atoms with Crippen LogP contribution in [0.2, 0.25) is 0 Å². The average molecular weight is 208 g/mol. The summed E-state index contributed by atoms with van der Waals surface area (Å²) in [6.07, 6.45) is 0.114. The van der Waals surface area contributed by atoms with Gasteiger partial charge >= 0.3 is 6.09 Å². The Morgan fingerprint density at radius 3 is 2.73 bits per heavy atom. The van der Waals surface area contributed by atoms with Crippen molar-refractivity contribution in [2.24, 2.45) is 0 Å². The number of nitrogens with zero attached hydrogens (tertiary/aromatic N) is 2. The molecule has 1 rings (SSSR count). The van der Waals surface area contributed by atoms with E-state index in [0.29, 0.717) is 13.0 Å². The molecule has 1 fully saturated rings.